The molecule has 0 saturated carbocycles. The van der Waals surface area contributed by atoms with E-state index < -0.39 is 0 Å². The molecule has 2 aromatic rings. The number of aromatic nitrogens is 2. The molecule has 0 saturated heterocycles. The molecule has 0 spiro atoms. The summed E-state index contributed by atoms with van der Waals surface area (Å²) in [5, 5.41) is 9.27. The van der Waals surface area contributed by atoms with Gasteiger partial charge in [-0.3, -0.25) is 14.3 Å². The van der Waals surface area contributed by atoms with Crippen LogP contribution >= 0.6 is 0 Å². The third-order valence-electron chi connectivity index (χ3n) is 3.10. The van der Waals surface area contributed by atoms with Gasteiger partial charge in [-0.1, -0.05) is 30.3 Å². The lowest BCUT2D eigenvalue weighted by atomic mass is 10.0. The Kier molecular flexibility index (Phi) is 4.71. The van der Waals surface area contributed by atoms with E-state index in [9.17, 15) is 9.59 Å². The first-order valence-electron chi connectivity index (χ1n) is 6.68. The Morgan fingerprint density at radius 1 is 1.24 bits per heavy atom. The Bertz CT molecular complexity index is 622. The van der Waals surface area contributed by atoms with Gasteiger partial charge in [0.25, 0.3) is 0 Å². The molecule has 21 heavy (non-hydrogen) atoms. The number of hydrogen-bond acceptors (Lipinski definition) is 3. The van der Waals surface area contributed by atoms with E-state index in [0.29, 0.717) is 5.82 Å². The zero-order valence-corrected chi connectivity index (χ0v) is 12.0. The maximum atomic E-state index is 12.0. The number of nitrogens with one attached hydrogen (secondary N) is 2. The van der Waals surface area contributed by atoms with Gasteiger partial charge >= 0.3 is 0 Å². The molecule has 110 valence electrons. The van der Waals surface area contributed by atoms with Crippen LogP contribution in [-0.4, -0.2) is 28.1 Å². The van der Waals surface area contributed by atoms with Gasteiger partial charge in [0, 0.05) is 19.3 Å². The lowest BCUT2D eigenvalue weighted by Gasteiger charge is -2.12. The number of anilines is 1. The summed E-state index contributed by atoms with van der Waals surface area (Å²) in [6, 6.07) is 11.1. The van der Waals surface area contributed by atoms with Crippen molar-refractivity contribution in [2.75, 3.05) is 11.9 Å². The monoisotopic (exact) mass is 286 g/mol. The fraction of sp³-hybridized carbons (Fsp3) is 0.267. The zero-order chi connectivity index (χ0) is 15.2. The van der Waals surface area contributed by atoms with E-state index in [2.05, 4.69) is 15.7 Å². The summed E-state index contributed by atoms with van der Waals surface area (Å²) in [6.45, 7) is 1.73. The fourth-order valence-corrected chi connectivity index (χ4v) is 1.88. The van der Waals surface area contributed by atoms with Gasteiger partial charge in [0.1, 0.15) is 0 Å². The van der Waals surface area contributed by atoms with Crippen molar-refractivity contribution in [3.8, 4) is 0 Å². The summed E-state index contributed by atoms with van der Waals surface area (Å²) in [4.78, 5) is 23.7. The number of hydrogen-bond donors (Lipinski definition) is 2. The Balaban J connectivity index is 1.82. The molecule has 1 atom stereocenters. The first kappa shape index (κ1) is 14.8. The molecular formula is C15H18N4O2. The minimum absolute atomic E-state index is 0.0768. The van der Waals surface area contributed by atoms with Crippen molar-refractivity contribution in [1.29, 1.82) is 0 Å². The molecule has 0 radical (unpaired) electrons. The predicted octanol–water partition coefficient (Wildman–Crippen LogP) is 1.28. The first-order valence-corrected chi connectivity index (χ1v) is 6.68. The van der Waals surface area contributed by atoms with Crippen LogP contribution in [0, 0.1) is 0 Å². The molecule has 0 unspecified atom stereocenters. The molecule has 1 aromatic carbocycles. The molecule has 2 rings (SSSR count). The Morgan fingerprint density at radius 3 is 2.57 bits per heavy atom. The second-order valence-electron chi connectivity index (χ2n) is 4.77. The van der Waals surface area contributed by atoms with Crippen LogP contribution in [0.25, 0.3) is 0 Å². The van der Waals surface area contributed by atoms with E-state index in [1.54, 1.807) is 30.9 Å². The third kappa shape index (κ3) is 4.17. The second-order valence-corrected chi connectivity index (χ2v) is 4.77. The van der Waals surface area contributed by atoms with E-state index in [4.69, 9.17) is 0 Å². The van der Waals surface area contributed by atoms with Gasteiger partial charge in [-0.2, -0.15) is 5.10 Å². The topological polar surface area (TPSA) is 76.0 Å². The summed E-state index contributed by atoms with van der Waals surface area (Å²) in [5.74, 6) is -0.318. The van der Waals surface area contributed by atoms with Crippen LogP contribution < -0.4 is 10.6 Å². The molecule has 6 nitrogen and oxygen atoms in total. The lowest BCUT2D eigenvalue weighted by Crippen LogP contribution is -2.35. The Hall–Kier alpha value is -2.63. The summed E-state index contributed by atoms with van der Waals surface area (Å²) in [7, 11) is 1.76. The average Bonchev–Trinajstić information content (AvgIpc) is 2.90. The number of nitrogens with zero attached hydrogens (tertiary/aromatic N) is 2. The van der Waals surface area contributed by atoms with Gasteiger partial charge in [-0.25, -0.2) is 0 Å². The van der Waals surface area contributed by atoms with Crippen LogP contribution in [0.1, 0.15) is 18.4 Å². The second kappa shape index (κ2) is 6.69. The van der Waals surface area contributed by atoms with Gasteiger partial charge in [0.05, 0.1) is 12.5 Å². The molecule has 2 N–H and O–H groups in total. The Labute approximate surface area is 123 Å². The number of aryl methyl sites for hydroxylation is 1. The minimum atomic E-state index is -0.303. The number of carbonyl (C=O) groups is 2. The third-order valence-corrected chi connectivity index (χ3v) is 3.10. The van der Waals surface area contributed by atoms with Crippen molar-refractivity contribution < 1.29 is 9.59 Å². The molecular weight excluding hydrogens is 268 g/mol. The SMILES string of the molecule is C[C@@H](C(=O)NCC(=O)Nc1ccn(C)n1)c1ccccc1. The quantitative estimate of drug-likeness (QED) is 0.869. The summed E-state index contributed by atoms with van der Waals surface area (Å²) in [5.41, 5.74) is 0.917. The highest BCUT2D eigenvalue weighted by atomic mass is 16.2. The van der Waals surface area contributed by atoms with Crippen molar-refractivity contribution in [3.05, 3.63) is 48.2 Å². The van der Waals surface area contributed by atoms with Gasteiger partial charge in [0.15, 0.2) is 5.82 Å². The zero-order valence-electron chi connectivity index (χ0n) is 12.0. The largest absolute Gasteiger partial charge is 0.347 e. The number of carbonyl (C=O) groups excluding carboxylic acids is 2. The van der Waals surface area contributed by atoms with Crippen LogP contribution in [-0.2, 0) is 16.6 Å². The maximum Gasteiger partial charge on any atom is 0.244 e. The molecule has 2 amide bonds. The van der Waals surface area contributed by atoms with Crippen LogP contribution in [0.5, 0.6) is 0 Å². The van der Waals surface area contributed by atoms with E-state index in [1.165, 1.54) is 0 Å². The summed E-state index contributed by atoms with van der Waals surface area (Å²) in [6.07, 6.45) is 1.73. The molecule has 0 aliphatic rings. The minimum Gasteiger partial charge on any atom is -0.347 e. The van der Waals surface area contributed by atoms with E-state index in [1.807, 2.05) is 30.3 Å². The maximum absolute atomic E-state index is 12.0. The first-order chi connectivity index (χ1) is 10.1. The van der Waals surface area contributed by atoms with E-state index >= 15 is 0 Å². The number of rotatable bonds is 5. The molecule has 0 aliphatic heterocycles. The van der Waals surface area contributed by atoms with Gasteiger partial charge in [0.2, 0.25) is 11.8 Å². The highest BCUT2D eigenvalue weighted by Crippen LogP contribution is 2.14. The normalized spacial score (nSPS) is 11.7. The van der Waals surface area contributed by atoms with Gasteiger partial charge in [-0.15, -0.1) is 0 Å². The fourth-order valence-electron chi connectivity index (χ4n) is 1.88. The van der Waals surface area contributed by atoms with Gasteiger partial charge in [-0.05, 0) is 12.5 Å². The summed E-state index contributed by atoms with van der Waals surface area (Å²) >= 11 is 0. The number of benzene rings is 1. The molecule has 0 aliphatic carbocycles. The smallest absolute Gasteiger partial charge is 0.244 e. The lowest BCUT2D eigenvalue weighted by molar-refractivity contribution is -0.125. The average molecular weight is 286 g/mol. The van der Waals surface area contributed by atoms with Crippen LogP contribution in [0.4, 0.5) is 5.82 Å². The molecule has 0 bridgehead atoms. The van der Waals surface area contributed by atoms with E-state index in [-0.39, 0.29) is 24.3 Å². The molecule has 1 aromatic heterocycles. The molecule has 0 fully saturated rings. The van der Waals surface area contributed by atoms with Crippen molar-refractivity contribution >= 4 is 17.6 Å². The van der Waals surface area contributed by atoms with Crippen LogP contribution in [0.15, 0.2) is 42.6 Å². The standard InChI is InChI=1S/C15H18N4O2/c1-11(12-6-4-3-5-7-12)15(21)16-10-14(20)17-13-8-9-19(2)18-13/h3-9,11H,10H2,1-2H3,(H,16,21)(H,17,18,20)/t11-/m1/s1. The molecule has 6 heteroatoms. The van der Waals surface area contributed by atoms with Crippen LogP contribution in [0.2, 0.25) is 0 Å². The molecule has 1 heterocycles. The highest BCUT2D eigenvalue weighted by molar-refractivity contribution is 5.94. The Morgan fingerprint density at radius 2 is 1.95 bits per heavy atom. The van der Waals surface area contributed by atoms with Gasteiger partial charge < -0.3 is 10.6 Å². The van der Waals surface area contributed by atoms with Crippen molar-refractivity contribution in [1.82, 2.24) is 15.1 Å². The predicted molar refractivity (Wildman–Crippen MR) is 79.7 cm³/mol. The highest BCUT2D eigenvalue weighted by Gasteiger charge is 2.15. The van der Waals surface area contributed by atoms with Crippen molar-refractivity contribution in [2.24, 2.45) is 7.05 Å². The van der Waals surface area contributed by atoms with Crippen molar-refractivity contribution in [3.63, 3.8) is 0 Å². The summed E-state index contributed by atoms with van der Waals surface area (Å²) < 4.78 is 1.59. The van der Waals surface area contributed by atoms with Crippen LogP contribution in [0.3, 0.4) is 0 Å². The number of amides is 2. The van der Waals surface area contributed by atoms with E-state index in [0.717, 1.165) is 5.56 Å². The van der Waals surface area contributed by atoms with Crippen molar-refractivity contribution in [2.45, 2.75) is 12.8 Å².